The first-order chi connectivity index (χ1) is 13.8. The molecule has 0 saturated carbocycles. The van der Waals surface area contributed by atoms with Gasteiger partial charge in [-0.3, -0.25) is 4.90 Å². The molecule has 0 amide bonds. The number of aromatic nitrogens is 2. The monoisotopic (exact) mass is 376 g/mol. The Bertz CT molecular complexity index is 844. The highest BCUT2D eigenvalue weighted by Crippen LogP contribution is 2.44. The van der Waals surface area contributed by atoms with E-state index in [1.54, 1.807) is 6.08 Å². The highest BCUT2D eigenvalue weighted by molar-refractivity contribution is 5.38. The van der Waals surface area contributed by atoms with Crippen LogP contribution in [-0.2, 0) is 13.0 Å². The number of fused-ring (bicyclic) bond motifs is 4. The van der Waals surface area contributed by atoms with Crippen LogP contribution in [0.5, 0.6) is 5.75 Å². The third-order valence-electron chi connectivity index (χ3n) is 6.36. The fraction of sp³-hybridized carbons (Fsp3) is 0.478. The van der Waals surface area contributed by atoms with Crippen molar-refractivity contribution in [3.8, 4) is 5.75 Å². The zero-order valence-electron chi connectivity index (χ0n) is 16.4. The van der Waals surface area contributed by atoms with E-state index in [4.69, 9.17) is 14.7 Å². The van der Waals surface area contributed by atoms with E-state index in [0.29, 0.717) is 18.7 Å². The molecular formula is C23H28N4O. The van der Waals surface area contributed by atoms with Crippen LogP contribution in [0.15, 0.2) is 43.1 Å². The van der Waals surface area contributed by atoms with Gasteiger partial charge in [0.05, 0.1) is 5.69 Å². The second kappa shape index (κ2) is 7.55. The van der Waals surface area contributed by atoms with Gasteiger partial charge >= 0.3 is 0 Å². The van der Waals surface area contributed by atoms with Gasteiger partial charge < -0.3 is 9.64 Å². The number of hydrogen-bond acceptors (Lipinski definition) is 5. The topological polar surface area (TPSA) is 41.5 Å². The lowest BCUT2D eigenvalue weighted by atomic mass is 9.98. The average Bonchev–Trinajstić information content (AvgIpc) is 3.35. The maximum atomic E-state index is 5.60. The Balaban J connectivity index is 1.32. The van der Waals surface area contributed by atoms with Crippen molar-refractivity contribution in [1.82, 2.24) is 14.9 Å². The highest BCUT2D eigenvalue weighted by Gasteiger charge is 2.40. The van der Waals surface area contributed by atoms with Crippen LogP contribution in [0.4, 0.5) is 5.95 Å². The number of hydrogen-bond donors (Lipinski definition) is 0. The summed E-state index contributed by atoms with van der Waals surface area (Å²) < 4.78 is 5.60. The van der Waals surface area contributed by atoms with E-state index in [0.717, 1.165) is 37.8 Å². The van der Waals surface area contributed by atoms with Gasteiger partial charge in [-0.2, -0.15) is 0 Å². The number of ether oxygens (including phenoxy) is 1. The number of benzene rings is 1. The van der Waals surface area contributed by atoms with Crippen molar-refractivity contribution in [3.05, 3.63) is 59.9 Å². The first kappa shape index (κ1) is 17.7. The molecule has 5 nitrogen and oxygen atoms in total. The summed E-state index contributed by atoms with van der Waals surface area (Å²) in [5.41, 5.74) is 3.97. The lowest BCUT2D eigenvalue weighted by Crippen LogP contribution is -2.38. The van der Waals surface area contributed by atoms with E-state index in [2.05, 4.69) is 46.8 Å². The molecule has 4 heterocycles. The Morgan fingerprint density at radius 3 is 2.75 bits per heavy atom. The van der Waals surface area contributed by atoms with Crippen molar-refractivity contribution in [2.24, 2.45) is 0 Å². The van der Waals surface area contributed by atoms with Crippen molar-refractivity contribution in [1.29, 1.82) is 0 Å². The largest absolute Gasteiger partial charge is 0.490 e. The van der Waals surface area contributed by atoms with Crippen molar-refractivity contribution in [3.63, 3.8) is 0 Å². The van der Waals surface area contributed by atoms with E-state index in [1.165, 1.54) is 42.5 Å². The molecule has 0 unspecified atom stereocenters. The first-order valence-corrected chi connectivity index (χ1v) is 10.5. The molecule has 28 heavy (non-hydrogen) atoms. The minimum atomic E-state index is 0.457. The quantitative estimate of drug-likeness (QED) is 0.715. The summed E-state index contributed by atoms with van der Waals surface area (Å²) in [6.07, 6.45) is 9.92. The normalized spacial score (nSPS) is 23.6. The second-order valence-corrected chi connectivity index (χ2v) is 8.13. The van der Waals surface area contributed by atoms with E-state index in [1.807, 2.05) is 0 Å². The average molecular weight is 377 g/mol. The Kier molecular flexibility index (Phi) is 4.77. The molecule has 2 bridgehead atoms. The smallest absolute Gasteiger partial charge is 0.225 e. The third-order valence-corrected chi connectivity index (χ3v) is 6.36. The van der Waals surface area contributed by atoms with E-state index >= 15 is 0 Å². The molecule has 1 aromatic heterocycles. The second-order valence-electron chi connectivity index (χ2n) is 8.13. The van der Waals surface area contributed by atoms with Gasteiger partial charge in [0.2, 0.25) is 5.95 Å². The Labute approximate surface area is 167 Å². The van der Waals surface area contributed by atoms with Crippen LogP contribution in [-0.4, -0.2) is 40.6 Å². The van der Waals surface area contributed by atoms with Gasteiger partial charge in [0.1, 0.15) is 12.4 Å². The molecule has 2 fully saturated rings. The molecule has 0 aliphatic carbocycles. The molecule has 146 valence electrons. The molecule has 0 spiro atoms. The number of anilines is 1. The molecule has 1 aromatic carbocycles. The number of nitrogens with zero attached hydrogens (tertiary/aromatic N) is 4. The van der Waals surface area contributed by atoms with Crippen molar-refractivity contribution in [2.45, 2.75) is 50.7 Å². The molecular weight excluding hydrogens is 348 g/mol. The van der Waals surface area contributed by atoms with Crippen LogP contribution in [0.2, 0.25) is 0 Å². The van der Waals surface area contributed by atoms with Gasteiger partial charge in [0.15, 0.2) is 0 Å². The van der Waals surface area contributed by atoms with Crippen LogP contribution in [0, 0.1) is 0 Å². The minimum Gasteiger partial charge on any atom is -0.490 e. The maximum Gasteiger partial charge on any atom is 0.225 e. The predicted molar refractivity (Wildman–Crippen MR) is 111 cm³/mol. The van der Waals surface area contributed by atoms with Crippen molar-refractivity contribution >= 4 is 5.95 Å². The minimum absolute atomic E-state index is 0.457. The first-order valence-electron chi connectivity index (χ1n) is 10.5. The van der Waals surface area contributed by atoms with Crippen LogP contribution in [0.1, 0.15) is 48.5 Å². The molecule has 2 aromatic rings. The van der Waals surface area contributed by atoms with Crippen LogP contribution >= 0.6 is 0 Å². The zero-order chi connectivity index (χ0) is 18.9. The maximum absolute atomic E-state index is 5.60. The van der Waals surface area contributed by atoms with Crippen LogP contribution in [0.3, 0.4) is 0 Å². The van der Waals surface area contributed by atoms with E-state index in [-0.39, 0.29) is 0 Å². The summed E-state index contributed by atoms with van der Waals surface area (Å²) in [4.78, 5) is 14.7. The molecule has 3 aliphatic heterocycles. The van der Waals surface area contributed by atoms with Gasteiger partial charge in [0, 0.05) is 49.9 Å². The Hall–Kier alpha value is -2.40. The van der Waals surface area contributed by atoms with Gasteiger partial charge in [-0.15, -0.1) is 0 Å². The summed E-state index contributed by atoms with van der Waals surface area (Å²) in [5.74, 6) is 1.85. The fourth-order valence-electron chi connectivity index (χ4n) is 4.94. The lowest BCUT2D eigenvalue weighted by Gasteiger charge is -2.36. The molecule has 3 aliphatic rings. The van der Waals surface area contributed by atoms with Crippen molar-refractivity contribution < 1.29 is 4.74 Å². The Morgan fingerprint density at radius 2 is 1.96 bits per heavy atom. The third kappa shape index (κ3) is 3.28. The lowest BCUT2D eigenvalue weighted by molar-refractivity contribution is 0.166. The Morgan fingerprint density at radius 1 is 1.14 bits per heavy atom. The zero-order valence-corrected chi connectivity index (χ0v) is 16.4. The summed E-state index contributed by atoms with van der Waals surface area (Å²) in [5, 5.41) is 0. The summed E-state index contributed by atoms with van der Waals surface area (Å²) in [6, 6.07) is 9.53. The van der Waals surface area contributed by atoms with Gasteiger partial charge in [-0.05, 0) is 43.4 Å². The summed E-state index contributed by atoms with van der Waals surface area (Å²) in [6.45, 7) is 7.42. The molecule has 0 radical (unpaired) electrons. The van der Waals surface area contributed by atoms with Crippen LogP contribution < -0.4 is 9.64 Å². The van der Waals surface area contributed by atoms with Gasteiger partial charge in [-0.25, -0.2) is 9.97 Å². The van der Waals surface area contributed by atoms with Gasteiger partial charge in [0.25, 0.3) is 0 Å². The summed E-state index contributed by atoms with van der Waals surface area (Å²) in [7, 11) is 0. The number of rotatable bonds is 6. The predicted octanol–water partition coefficient (Wildman–Crippen LogP) is 3.90. The van der Waals surface area contributed by atoms with E-state index < -0.39 is 0 Å². The highest BCUT2D eigenvalue weighted by atomic mass is 16.5. The fourth-order valence-corrected chi connectivity index (χ4v) is 4.94. The molecule has 2 atom stereocenters. The van der Waals surface area contributed by atoms with E-state index in [9.17, 15) is 0 Å². The van der Waals surface area contributed by atoms with Gasteiger partial charge in [-0.1, -0.05) is 24.8 Å². The summed E-state index contributed by atoms with van der Waals surface area (Å²) >= 11 is 0. The SMILES string of the molecule is C=CCOc1ccc(CN2[C@H]3CC[C@H]2c2cnc(N4CCCC4)nc2C3)cc1. The standard InChI is InChI=1S/C23H28N4O/c1-2-13-28-19-8-5-17(6-9-19)16-27-18-7-10-22(27)20-15-24-23(25-21(20)14-18)26-11-3-4-12-26/h2,5-6,8-9,15,18,22H,1,3-4,7,10-14,16H2/t18-,22-/m0/s1. The molecule has 5 heteroatoms. The molecule has 0 N–H and O–H groups in total. The van der Waals surface area contributed by atoms with Crippen LogP contribution in [0.25, 0.3) is 0 Å². The molecule has 2 saturated heterocycles. The van der Waals surface area contributed by atoms with Crippen molar-refractivity contribution in [2.75, 3.05) is 24.6 Å². The molecule has 5 rings (SSSR count).